The molecule has 4 aromatic rings. The number of aromatic amines is 1. The average Bonchev–Trinajstić information content (AvgIpc) is 3.14. The summed E-state index contributed by atoms with van der Waals surface area (Å²) in [5.41, 5.74) is 3.17. The van der Waals surface area contributed by atoms with E-state index in [1.807, 2.05) is 72.9 Å². The second-order valence-electron chi connectivity index (χ2n) is 6.70. The van der Waals surface area contributed by atoms with Crippen LogP contribution in [0.5, 0.6) is 11.5 Å². The molecule has 28 heavy (non-hydrogen) atoms. The largest absolute Gasteiger partial charge is 0.457 e. The summed E-state index contributed by atoms with van der Waals surface area (Å²) in [5.74, 6) is 1.55. The van der Waals surface area contributed by atoms with Crippen LogP contribution in [0.25, 0.3) is 10.9 Å². The van der Waals surface area contributed by atoms with E-state index in [4.69, 9.17) is 4.74 Å². The zero-order chi connectivity index (χ0) is 19.2. The Balaban J connectivity index is 1.26. The van der Waals surface area contributed by atoms with Gasteiger partial charge in [0, 0.05) is 29.2 Å². The molecule has 4 rings (SSSR count). The van der Waals surface area contributed by atoms with Gasteiger partial charge in [-0.05, 0) is 60.9 Å². The number of nitrogens with one attached hydrogen (secondary N) is 2. The summed E-state index contributed by atoms with van der Waals surface area (Å²) in [6, 6.07) is 25.3. The smallest absolute Gasteiger partial charge is 0.224 e. The fraction of sp³-hybridized carbons (Fsp3) is 0.125. The summed E-state index contributed by atoms with van der Waals surface area (Å²) in [7, 11) is 0. The average molecular weight is 370 g/mol. The highest BCUT2D eigenvalue weighted by Crippen LogP contribution is 2.23. The van der Waals surface area contributed by atoms with Gasteiger partial charge in [-0.3, -0.25) is 4.79 Å². The van der Waals surface area contributed by atoms with Gasteiger partial charge in [0.15, 0.2) is 0 Å². The maximum Gasteiger partial charge on any atom is 0.224 e. The number of hydrogen-bond acceptors (Lipinski definition) is 2. The molecule has 0 saturated heterocycles. The van der Waals surface area contributed by atoms with Gasteiger partial charge in [-0.1, -0.05) is 36.4 Å². The van der Waals surface area contributed by atoms with Gasteiger partial charge in [-0.25, -0.2) is 0 Å². The molecule has 0 fully saturated rings. The van der Waals surface area contributed by atoms with E-state index in [1.54, 1.807) is 0 Å². The van der Waals surface area contributed by atoms with Gasteiger partial charge >= 0.3 is 0 Å². The molecule has 0 atom stereocenters. The van der Waals surface area contributed by atoms with Gasteiger partial charge in [-0.15, -0.1) is 0 Å². The van der Waals surface area contributed by atoms with Gasteiger partial charge in [0.1, 0.15) is 11.5 Å². The maximum atomic E-state index is 12.2. The second kappa shape index (κ2) is 8.44. The standard InChI is InChI=1S/C24H22N2O2/c27-24(12-6-7-18-17-25-23-11-5-4-10-22(18)23)26-19-13-15-21(16-14-19)28-20-8-2-1-3-9-20/h1-5,8-11,13-17,25H,6-7,12H2,(H,26,27). The van der Waals surface area contributed by atoms with Crippen LogP contribution < -0.4 is 10.1 Å². The molecule has 2 N–H and O–H groups in total. The number of carbonyl (C=O) groups excluding carboxylic acids is 1. The van der Waals surface area contributed by atoms with E-state index in [1.165, 1.54) is 10.9 Å². The number of para-hydroxylation sites is 2. The van der Waals surface area contributed by atoms with E-state index in [-0.39, 0.29) is 5.91 Å². The molecule has 4 nitrogen and oxygen atoms in total. The van der Waals surface area contributed by atoms with Crippen LogP contribution in [0, 0.1) is 0 Å². The molecule has 1 heterocycles. The second-order valence-corrected chi connectivity index (χ2v) is 6.70. The number of hydrogen-bond donors (Lipinski definition) is 2. The maximum absolute atomic E-state index is 12.2. The number of anilines is 1. The van der Waals surface area contributed by atoms with Crippen molar-refractivity contribution in [2.75, 3.05) is 5.32 Å². The number of fused-ring (bicyclic) bond motifs is 1. The number of amides is 1. The van der Waals surface area contributed by atoms with Gasteiger partial charge in [0.2, 0.25) is 5.91 Å². The first-order valence-corrected chi connectivity index (χ1v) is 9.46. The van der Waals surface area contributed by atoms with Crippen molar-refractivity contribution in [1.29, 1.82) is 0 Å². The Morgan fingerprint density at radius 2 is 1.57 bits per heavy atom. The first-order chi connectivity index (χ1) is 13.8. The summed E-state index contributed by atoms with van der Waals surface area (Å²) < 4.78 is 5.76. The SMILES string of the molecule is O=C(CCCc1c[nH]c2ccccc12)Nc1ccc(Oc2ccccc2)cc1. The van der Waals surface area contributed by atoms with Crippen LogP contribution in [0.1, 0.15) is 18.4 Å². The Labute approximate surface area is 164 Å². The lowest BCUT2D eigenvalue weighted by molar-refractivity contribution is -0.116. The van der Waals surface area contributed by atoms with Crippen molar-refractivity contribution in [3.05, 3.63) is 90.6 Å². The molecule has 3 aromatic carbocycles. The van der Waals surface area contributed by atoms with Crippen LogP contribution in [-0.4, -0.2) is 10.9 Å². The van der Waals surface area contributed by atoms with E-state index in [2.05, 4.69) is 22.4 Å². The van der Waals surface area contributed by atoms with Crippen molar-refractivity contribution in [1.82, 2.24) is 4.98 Å². The molecule has 0 radical (unpaired) electrons. The Morgan fingerprint density at radius 3 is 2.39 bits per heavy atom. The summed E-state index contributed by atoms with van der Waals surface area (Å²) in [6.45, 7) is 0. The predicted octanol–water partition coefficient (Wildman–Crippen LogP) is 5.92. The van der Waals surface area contributed by atoms with E-state index in [9.17, 15) is 4.79 Å². The summed E-state index contributed by atoms with van der Waals surface area (Å²) in [4.78, 5) is 15.5. The molecular weight excluding hydrogens is 348 g/mol. The van der Waals surface area contributed by atoms with Crippen molar-refractivity contribution >= 4 is 22.5 Å². The van der Waals surface area contributed by atoms with E-state index in [0.29, 0.717) is 6.42 Å². The minimum Gasteiger partial charge on any atom is -0.457 e. The summed E-state index contributed by atoms with van der Waals surface area (Å²) >= 11 is 0. The van der Waals surface area contributed by atoms with Crippen LogP contribution in [0.15, 0.2) is 85.1 Å². The number of ether oxygens (including phenoxy) is 1. The highest BCUT2D eigenvalue weighted by atomic mass is 16.5. The minimum atomic E-state index is 0.0246. The van der Waals surface area contributed by atoms with Crippen molar-refractivity contribution in [3.8, 4) is 11.5 Å². The van der Waals surface area contributed by atoms with Gasteiger partial charge in [0.25, 0.3) is 0 Å². The third-order valence-corrected chi connectivity index (χ3v) is 4.64. The molecule has 0 saturated carbocycles. The third-order valence-electron chi connectivity index (χ3n) is 4.64. The van der Waals surface area contributed by atoms with Crippen molar-refractivity contribution in [2.24, 2.45) is 0 Å². The molecule has 1 aromatic heterocycles. The minimum absolute atomic E-state index is 0.0246. The van der Waals surface area contributed by atoms with Gasteiger partial charge in [-0.2, -0.15) is 0 Å². The van der Waals surface area contributed by atoms with Crippen LogP contribution in [0.3, 0.4) is 0 Å². The van der Waals surface area contributed by atoms with E-state index in [0.717, 1.165) is 35.5 Å². The molecule has 4 heteroatoms. The third kappa shape index (κ3) is 4.41. The highest BCUT2D eigenvalue weighted by Gasteiger charge is 2.06. The molecule has 1 amide bonds. The predicted molar refractivity (Wildman–Crippen MR) is 113 cm³/mol. The molecule has 0 bridgehead atoms. The molecule has 0 unspecified atom stereocenters. The zero-order valence-electron chi connectivity index (χ0n) is 15.5. The van der Waals surface area contributed by atoms with Crippen LogP contribution in [0.2, 0.25) is 0 Å². The lowest BCUT2D eigenvalue weighted by Crippen LogP contribution is -2.11. The van der Waals surface area contributed by atoms with E-state index < -0.39 is 0 Å². The number of aryl methyl sites for hydroxylation is 1. The highest BCUT2D eigenvalue weighted by molar-refractivity contribution is 5.90. The Hall–Kier alpha value is -3.53. The fourth-order valence-electron chi connectivity index (χ4n) is 3.23. The quantitative estimate of drug-likeness (QED) is 0.424. The number of aromatic nitrogens is 1. The van der Waals surface area contributed by atoms with Crippen LogP contribution in [-0.2, 0) is 11.2 Å². The Bertz CT molecular complexity index is 1050. The van der Waals surface area contributed by atoms with E-state index >= 15 is 0 Å². The number of H-pyrrole nitrogens is 1. The Kier molecular flexibility index (Phi) is 5.38. The van der Waals surface area contributed by atoms with Gasteiger partial charge in [0.05, 0.1) is 0 Å². The van der Waals surface area contributed by atoms with Crippen molar-refractivity contribution in [3.63, 3.8) is 0 Å². The van der Waals surface area contributed by atoms with Crippen molar-refractivity contribution < 1.29 is 9.53 Å². The van der Waals surface area contributed by atoms with Crippen LogP contribution in [0.4, 0.5) is 5.69 Å². The zero-order valence-corrected chi connectivity index (χ0v) is 15.5. The monoisotopic (exact) mass is 370 g/mol. The van der Waals surface area contributed by atoms with Crippen molar-refractivity contribution in [2.45, 2.75) is 19.3 Å². The lowest BCUT2D eigenvalue weighted by Gasteiger charge is -2.08. The first-order valence-electron chi connectivity index (χ1n) is 9.46. The molecule has 0 spiro atoms. The topological polar surface area (TPSA) is 54.1 Å². The molecule has 0 aliphatic heterocycles. The number of rotatable bonds is 7. The fourth-order valence-corrected chi connectivity index (χ4v) is 3.23. The number of carbonyl (C=O) groups is 1. The Morgan fingerprint density at radius 1 is 0.857 bits per heavy atom. The molecular formula is C24H22N2O2. The normalized spacial score (nSPS) is 10.7. The first kappa shape index (κ1) is 17.9. The molecule has 140 valence electrons. The number of benzene rings is 3. The lowest BCUT2D eigenvalue weighted by atomic mass is 10.1. The summed E-state index contributed by atoms with van der Waals surface area (Å²) in [5, 5.41) is 4.18. The van der Waals surface area contributed by atoms with Crippen LogP contribution >= 0.6 is 0 Å². The summed E-state index contributed by atoms with van der Waals surface area (Å²) in [6.07, 6.45) is 4.21. The molecule has 0 aliphatic rings. The van der Waals surface area contributed by atoms with Gasteiger partial charge < -0.3 is 15.0 Å². The molecule has 0 aliphatic carbocycles.